The zero-order valence-corrected chi connectivity index (χ0v) is 16.6. The maximum atomic E-state index is 12.9. The number of aromatic nitrogens is 2. The van der Waals surface area contributed by atoms with Gasteiger partial charge in [0.25, 0.3) is 5.91 Å². The molecule has 1 aliphatic rings. The topological polar surface area (TPSA) is 72.5 Å². The van der Waals surface area contributed by atoms with Crippen molar-refractivity contribution >= 4 is 5.91 Å². The number of aryl methyl sites for hydroxylation is 1. The van der Waals surface area contributed by atoms with Gasteiger partial charge in [0.15, 0.2) is 5.76 Å². The van der Waals surface area contributed by atoms with Crippen LogP contribution in [0.3, 0.4) is 0 Å². The zero-order valence-electron chi connectivity index (χ0n) is 16.6. The van der Waals surface area contributed by atoms with Gasteiger partial charge >= 0.3 is 0 Å². The van der Waals surface area contributed by atoms with E-state index in [1.165, 1.54) is 0 Å². The molecule has 3 heterocycles. The third-order valence-electron chi connectivity index (χ3n) is 5.03. The molecular formula is C22H26N4O3. The minimum absolute atomic E-state index is 0.141. The van der Waals surface area contributed by atoms with Crippen LogP contribution in [-0.4, -0.2) is 60.0 Å². The average Bonchev–Trinajstić information content (AvgIpc) is 3.42. The Bertz CT molecular complexity index is 926. The molecule has 1 N–H and O–H groups in total. The summed E-state index contributed by atoms with van der Waals surface area (Å²) in [5, 5.41) is 7.65. The first-order chi connectivity index (χ1) is 14.2. The van der Waals surface area contributed by atoms with E-state index in [2.05, 4.69) is 15.3 Å². The number of benzene rings is 1. The van der Waals surface area contributed by atoms with Gasteiger partial charge in [-0.1, -0.05) is 17.7 Å². The lowest BCUT2D eigenvalue weighted by atomic mass is 10.2. The Morgan fingerprint density at radius 2 is 1.97 bits per heavy atom. The molecule has 0 spiro atoms. The second kappa shape index (κ2) is 9.07. The van der Waals surface area contributed by atoms with E-state index in [0.29, 0.717) is 23.7 Å². The smallest absolute Gasteiger partial charge is 0.270 e. The second-order valence-corrected chi connectivity index (χ2v) is 7.20. The van der Waals surface area contributed by atoms with Crippen molar-refractivity contribution in [1.82, 2.24) is 20.0 Å². The molecule has 0 unspecified atom stereocenters. The summed E-state index contributed by atoms with van der Waals surface area (Å²) in [6, 6.07) is 13.4. The Kier molecular flexibility index (Phi) is 6.07. The minimum atomic E-state index is -0.141. The number of carbonyl (C=O) groups is 1. The van der Waals surface area contributed by atoms with Crippen LogP contribution in [0.1, 0.15) is 22.5 Å². The first-order valence-electron chi connectivity index (χ1n) is 10.00. The molecule has 1 saturated heterocycles. The van der Waals surface area contributed by atoms with Gasteiger partial charge < -0.3 is 14.5 Å². The van der Waals surface area contributed by atoms with Gasteiger partial charge in [-0.05, 0) is 44.2 Å². The van der Waals surface area contributed by atoms with Crippen LogP contribution in [0.15, 0.2) is 53.1 Å². The number of ether oxygens (including phenoxy) is 1. The van der Waals surface area contributed by atoms with Crippen LogP contribution in [0.4, 0.5) is 0 Å². The third-order valence-corrected chi connectivity index (χ3v) is 5.03. The Morgan fingerprint density at radius 3 is 2.69 bits per heavy atom. The Hall–Kier alpha value is -2.90. The van der Waals surface area contributed by atoms with Crippen LogP contribution < -0.4 is 5.32 Å². The number of rotatable bonds is 7. The fourth-order valence-corrected chi connectivity index (χ4v) is 3.39. The molecule has 2 aromatic heterocycles. The summed E-state index contributed by atoms with van der Waals surface area (Å²) >= 11 is 0. The van der Waals surface area contributed by atoms with Gasteiger partial charge in [0.2, 0.25) is 0 Å². The Morgan fingerprint density at radius 1 is 1.17 bits per heavy atom. The van der Waals surface area contributed by atoms with Crippen molar-refractivity contribution in [3.63, 3.8) is 0 Å². The highest BCUT2D eigenvalue weighted by molar-refractivity contribution is 5.94. The number of hydrogen-bond acceptors (Lipinski definition) is 5. The largest absolute Gasteiger partial charge is 0.463 e. The number of carbonyl (C=O) groups excluding carboxylic acids is 1. The van der Waals surface area contributed by atoms with Gasteiger partial charge in [0, 0.05) is 25.7 Å². The Labute approximate surface area is 170 Å². The number of nitrogens with one attached hydrogen (secondary N) is 1. The van der Waals surface area contributed by atoms with Crippen LogP contribution >= 0.6 is 0 Å². The van der Waals surface area contributed by atoms with E-state index in [-0.39, 0.29) is 5.91 Å². The van der Waals surface area contributed by atoms with E-state index in [1.807, 2.05) is 43.3 Å². The molecule has 0 bridgehead atoms. The standard InChI is InChI=1S/C22H26N4O3/c1-17-5-7-18(8-6-17)26-20(16-19(24-26)21-4-2-13-29-21)22(27)23-9-3-10-25-11-14-28-15-12-25/h2,4-8,13,16H,3,9-12,14-15H2,1H3,(H,23,27). The predicted molar refractivity (Wildman–Crippen MR) is 110 cm³/mol. The molecule has 7 nitrogen and oxygen atoms in total. The molecule has 29 heavy (non-hydrogen) atoms. The van der Waals surface area contributed by atoms with Gasteiger partial charge in [-0.25, -0.2) is 4.68 Å². The van der Waals surface area contributed by atoms with Gasteiger partial charge in [-0.15, -0.1) is 0 Å². The van der Waals surface area contributed by atoms with Crippen molar-refractivity contribution in [1.29, 1.82) is 0 Å². The normalized spacial score (nSPS) is 14.8. The average molecular weight is 394 g/mol. The molecule has 1 fully saturated rings. The lowest BCUT2D eigenvalue weighted by Gasteiger charge is -2.26. The summed E-state index contributed by atoms with van der Waals surface area (Å²) in [5.41, 5.74) is 3.12. The van der Waals surface area contributed by atoms with Crippen molar-refractivity contribution in [2.45, 2.75) is 13.3 Å². The van der Waals surface area contributed by atoms with E-state index in [9.17, 15) is 4.79 Å². The molecule has 0 saturated carbocycles. The fraction of sp³-hybridized carbons (Fsp3) is 0.364. The van der Waals surface area contributed by atoms with Gasteiger partial charge in [-0.2, -0.15) is 5.10 Å². The number of amides is 1. The van der Waals surface area contributed by atoms with Gasteiger partial charge in [0.05, 0.1) is 25.2 Å². The number of hydrogen-bond donors (Lipinski definition) is 1. The highest BCUT2D eigenvalue weighted by Crippen LogP contribution is 2.22. The lowest BCUT2D eigenvalue weighted by molar-refractivity contribution is 0.0374. The monoisotopic (exact) mass is 394 g/mol. The van der Waals surface area contributed by atoms with E-state index in [4.69, 9.17) is 9.15 Å². The summed E-state index contributed by atoms with van der Waals surface area (Å²) in [4.78, 5) is 15.3. The van der Waals surface area contributed by atoms with E-state index in [1.54, 1.807) is 17.0 Å². The van der Waals surface area contributed by atoms with Crippen molar-refractivity contribution in [2.75, 3.05) is 39.4 Å². The summed E-state index contributed by atoms with van der Waals surface area (Å²) in [6.45, 7) is 7.10. The SMILES string of the molecule is Cc1ccc(-n2nc(-c3ccco3)cc2C(=O)NCCCN2CCOCC2)cc1. The zero-order chi connectivity index (χ0) is 20.1. The predicted octanol–water partition coefficient (Wildman–Crippen LogP) is 2.89. The molecule has 152 valence electrons. The maximum absolute atomic E-state index is 12.9. The van der Waals surface area contributed by atoms with Crippen LogP contribution in [0, 0.1) is 6.92 Å². The van der Waals surface area contributed by atoms with Crippen LogP contribution in [0.25, 0.3) is 17.1 Å². The summed E-state index contributed by atoms with van der Waals surface area (Å²) in [6.07, 6.45) is 2.50. The summed E-state index contributed by atoms with van der Waals surface area (Å²) in [7, 11) is 0. The molecule has 0 radical (unpaired) electrons. The highest BCUT2D eigenvalue weighted by atomic mass is 16.5. The van der Waals surface area contributed by atoms with E-state index < -0.39 is 0 Å². The van der Waals surface area contributed by atoms with Crippen molar-refractivity contribution < 1.29 is 13.9 Å². The number of morpholine rings is 1. The Balaban J connectivity index is 1.47. The maximum Gasteiger partial charge on any atom is 0.270 e. The van der Waals surface area contributed by atoms with Gasteiger partial charge in [0.1, 0.15) is 11.4 Å². The first-order valence-corrected chi connectivity index (χ1v) is 10.00. The van der Waals surface area contributed by atoms with Crippen molar-refractivity contribution in [3.05, 3.63) is 60.0 Å². The molecule has 7 heteroatoms. The quantitative estimate of drug-likeness (QED) is 0.624. The van der Waals surface area contributed by atoms with Crippen LogP contribution in [0.2, 0.25) is 0 Å². The molecule has 0 atom stereocenters. The molecule has 3 aromatic rings. The van der Waals surface area contributed by atoms with Crippen LogP contribution in [-0.2, 0) is 4.74 Å². The molecule has 1 aliphatic heterocycles. The van der Waals surface area contributed by atoms with E-state index in [0.717, 1.165) is 50.5 Å². The molecule has 1 aromatic carbocycles. The van der Waals surface area contributed by atoms with E-state index >= 15 is 0 Å². The summed E-state index contributed by atoms with van der Waals surface area (Å²) in [5.74, 6) is 0.495. The third kappa shape index (κ3) is 4.75. The van der Waals surface area contributed by atoms with Gasteiger partial charge in [-0.3, -0.25) is 9.69 Å². The van der Waals surface area contributed by atoms with Crippen molar-refractivity contribution in [3.8, 4) is 17.1 Å². The minimum Gasteiger partial charge on any atom is -0.463 e. The number of furan rings is 1. The first kappa shape index (κ1) is 19.4. The van der Waals surface area contributed by atoms with Crippen LogP contribution in [0.5, 0.6) is 0 Å². The summed E-state index contributed by atoms with van der Waals surface area (Å²) < 4.78 is 12.5. The molecule has 0 aliphatic carbocycles. The van der Waals surface area contributed by atoms with Crippen molar-refractivity contribution in [2.24, 2.45) is 0 Å². The fourth-order valence-electron chi connectivity index (χ4n) is 3.39. The highest BCUT2D eigenvalue weighted by Gasteiger charge is 2.19. The number of nitrogens with zero attached hydrogens (tertiary/aromatic N) is 3. The molecule has 1 amide bonds. The second-order valence-electron chi connectivity index (χ2n) is 7.20. The molecule has 4 rings (SSSR count). The lowest BCUT2D eigenvalue weighted by Crippen LogP contribution is -2.38. The molecular weight excluding hydrogens is 368 g/mol.